The van der Waals surface area contributed by atoms with E-state index < -0.39 is 77.1 Å². The van der Waals surface area contributed by atoms with Gasteiger partial charge in [-0.1, -0.05) is 12.8 Å². The monoisotopic (exact) mass is 660 g/mol. The van der Waals surface area contributed by atoms with Crippen LogP contribution in [0.3, 0.4) is 0 Å². The topological polar surface area (TPSA) is 80.0 Å². The van der Waals surface area contributed by atoms with Gasteiger partial charge in [0, 0.05) is 22.5 Å². The summed E-state index contributed by atoms with van der Waals surface area (Å²) in [6, 6.07) is 4.57. The molecular weight excluding hydrogens is 637 g/mol. The molecule has 1 aromatic carbocycles. The van der Waals surface area contributed by atoms with Crippen LogP contribution in [-0.4, -0.2) is 31.4 Å². The molecule has 42 heavy (non-hydrogen) atoms. The Bertz CT molecular complexity index is 1570. The van der Waals surface area contributed by atoms with Crippen molar-refractivity contribution in [1.29, 1.82) is 0 Å². The van der Waals surface area contributed by atoms with Crippen LogP contribution in [0.4, 0.5) is 30.7 Å². The normalized spacial score (nSPS) is 16.9. The lowest BCUT2D eigenvalue weighted by Gasteiger charge is -2.21. The Morgan fingerprint density at radius 3 is 2.45 bits per heavy atom. The van der Waals surface area contributed by atoms with Crippen molar-refractivity contribution in [3.8, 4) is 11.8 Å². The van der Waals surface area contributed by atoms with Crippen molar-refractivity contribution in [2.45, 2.75) is 69.8 Å². The van der Waals surface area contributed by atoms with E-state index >= 15 is 0 Å². The maximum absolute atomic E-state index is 14.8. The van der Waals surface area contributed by atoms with Crippen LogP contribution in [0.1, 0.15) is 73.1 Å². The third-order valence-electron chi connectivity index (χ3n) is 6.35. The number of nitrogens with one attached hydrogen (secondary N) is 1. The second kappa shape index (κ2) is 11.3. The minimum atomic E-state index is -5.02. The molecular formula is C28H24BrF7N4O2. The van der Waals surface area contributed by atoms with Crippen molar-refractivity contribution in [2.24, 2.45) is 0 Å². The zero-order chi connectivity index (χ0) is 31.2. The summed E-state index contributed by atoms with van der Waals surface area (Å²) in [7, 11) is 0. The fourth-order valence-electron chi connectivity index (χ4n) is 4.78. The van der Waals surface area contributed by atoms with Gasteiger partial charge in [0.2, 0.25) is 5.91 Å². The first-order chi connectivity index (χ1) is 19.3. The molecule has 0 spiro atoms. The minimum Gasteiger partial charge on any atom is -0.378 e. The van der Waals surface area contributed by atoms with E-state index in [0.717, 1.165) is 12.1 Å². The molecule has 0 radical (unpaired) electrons. The van der Waals surface area contributed by atoms with Gasteiger partial charge in [-0.05, 0) is 77.9 Å². The van der Waals surface area contributed by atoms with E-state index in [1.165, 1.54) is 32.9 Å². The van der Waals surface area contributed by atoms with Crippen LogP contribution in [0.5, 0.6) is 0 Å². The van der Waals surface area contributed by atoms with Gasteiger partial charge in [0.15, 0.2) is 5.69 Å². The predicted molar refractivity (Wildman–Crippen MR) is 140 cm³/mol. The number of pyridine rings is 1. The maximum Gasteiger partial charge on any atom is 0.435 e. The molecule has 1 aliphatic rings. The summed E-state index contributed by atoms with van der Waals surface area (Å²) in [4.78, 5) is 17.6. The summed E-state index contributed by atoms with van der Waals surface area (Å²) in [5.74, 6) is -2.34. The van der Waals surface area contributed by atoms with E-state index in [-0.39, 0.29) is 23.4 Å². The lowest BCUT2D eigenvalue weighted by Crippen LogP contribution is -2.35. The van der Waals surface area contributed by atoms with Crippen LogP contribution >= 0.6 is 15.9 Å². The predicted octanol–water partition coefficient (Wildman–Crippen LogP) is 6.16. The molecule has 2 heterocycles. The summed E-state index contributed by atoms with van der Waals surface area (Å²) < 4.78 is 99.1. The van der Waals surface area contributed by atoms with Gasteiger partial charge in [-0.25, -0.2) is 13.8 Å². The van der Waals surface area contributed by atoms with Crippen molar-refractivity contribution in [3.05, 3.63) is 80.3 Å². The SMILES string of the molecule is C[C@H]1CC(F)(F)c2c1c(C(F)(F)F)nn2CC(=O)NC(Cc1cc(F)cc(F)c1)c1nc(C#CC(C)(C)O)ccc1Br. The Labute approximate surface area is 244 Å². The number of nitrogens with zero attached hydrogens (tertiary/aromatic N) is 3. The third-order valence-corrected chi connectivity index (χ3v) is 7.02. The highest BCUT2D eigenvalue weighted by Crippen LogP contribution is 2.52. The molecule has 6 nitrogen and oxygen atoms in total. The highest BCUT2D eigenvalue weighted by atomic mass is 79.9. The summed E-state index contributed by atoms with van der Waals surface area (Å²) >= 11 is 3.31. The summed E-state index contributed by atoms with van der Waals surface area (Å²) in [5, 5.41) is 15.8. The number of aliphatic hydroxyl groups is 1. The summed E-state index contributed by atoms with van der Waals surface area (Å²) in [5.41, 5.74) is -4.10. The average Bonchev–Trinajstić information content (AvgIpc) is 3.33. The lowest BCUT2D eigenvalue weighted by atomic mass is 10.0. The number of hydrogen-bond donors (Lipinski definition) is 2. The maximum atomic E-state index is 14.8. The molecule has 3 aromatic rings. The van der Waals surface area contributed by atoms with Crippen molar-refractivity contribution in [3.63, 3.8) is 0 Å². The quantitative estimate of drug-likeness (QED) is 0.245. The summed E-state index contributed by atoms with van der Waals surface area (Å²) in [6.45, 7) is 3.13. The largest absolute Gasteiger partial charge is 0.435 e. The second-order valence-corrected chi connectivity index (χ2v) is 11.4. The first-order valence-electron chi connectivity index (χ1n) is 12.6. The third kappa shape index (κ3) is 7.12. The molecule has 0 saturated carbocycles. The zero-order valence-electron chi connectivity index (χ0n) is 22.4. The minimum absolute atomic E-state index is 0.0965. The van der Waals surface area contributed by atoms with Gasteiger partial charge in [0.05, 0.1) is 11.7 Å². The first kappa shape index (κ1) is 31.5. The van der Waals surface area contributed by atoms with E-state index in [2.05, 4.69) is 43.2 Å². The number of fused-ring (bicyclic) bond motifs is 1. The molecule has 4 rings (SSSR count). The molecule has 0 fully saturated rings. The fraction of sp³-hybridized carbons (Fsp3) is 0.393. The molecule has 0 saturated heterocycles. The van der Waals surface area contributed by atoms with Crippen LogP contribution in [0.15, 0.2) is 34.8 Å². The number of carbonyl (C=O) groups is 1. The Morgan fingerprint density at radius 2 is 1.86 bits per heavy atom. The second-order valence-electron chi connectivity index (χ2n) is 10.6. The van der Waals surface area contributed by atoms with Crippen molar-refractivity contribution in [2.75, 3.05) is 0 Å². The lowest BCUT2D eigenvalue weighted by molar-refractivity contribution is -0.142. The highest BCUT2D eigenvalue weighted by Gasteiger charge is 2.53. The average molecular weight is 661 g/mol. The molecule has 2 atom stereocenters. The number of amides is 1. The standard InChI is InChI=1S/C28H24BrF7N4O2/c1-14-12-27(32,33)25-22(14)24(28(34,35)36)39-40(25)13-21(41)38-20(10-15-8-16(30)11-17(31)9-15)23-19(29)5-4-18(37-23)6-7-26(2,3)42/h4-5,8-9,11,14,20,42H,10,12-13H2,1-3H3,(H,38,41)/t14-,20?/m0/s1. The van der Waals surface area contributed by atoms with E-state index in [1.807, 2.05) is 0 Å². The van der Waals surface area contributed by atoms with Crippen LogP contribution in [-0.2, 0) is 29.9 Å². The van der Waals surface area contributed by atoms with Crippen LogP contribution in [0, 0.1) is 23.5 Å². The highest BCUT2D eigenvalue weighted by molar-refractivity contribution is 9.10. The number of hydrogen-bond acceptors (Lipinski definition) is 4. The van der Waals surface area contributed by atoms with E-state index in [1.54, 1.807) is 0 Å². The van der Waals surface area contributed by atoms with Gasteiger partial charge in [-0.2, -0.15) is 27.1 Å². The number of aromatic nitrogens is 3. The van der Waals surface area contributed by atoms with Gasteiger partial charge in [0.1, 0.15) is 35.2 Å². The number of rotatable bonds is 6. The molecule has 14 heteroatoms. The van der Waals surface area contributed by atoms with Crippen molar-refractivity contribution >= 4 is 21.8 Å². The van der Waals surface area contributed by atoms with Crippen LogP contribution in [0.2, 0.25) is 0 Å². The number of carbonyl (C=O) groups excluding carboxylic acids is 1. The molecule has 1 aliphatic carbocycles. The number of alkyl halides is 5. The van der Waals surface area contributed by atoms with Crippen LogP contribution in [0.25, 0.3) is 0 Å². The van der Waals surface area contributed by atoms with E-state index in [4.69, 9.17) is 0 Å². The number of halogens is 8. The molecule has 0 bridgehead atoms. The fourth-order valence-corrected chi connectivity index (χ4v) is 5.28. The van der Waals surface area contributed by atoms with Gasteiger partial charge in [-0.3, -0.25) is 9.48 Å². The Morgan fingerprint density at radius 1 is 1.21 bits per heavy atom. The van der Waals surface area contributed by atoms with E-state index in [9.17, 15) is 40.6 Å². The van der Waals surface area contributed by atoms with Gasteiger partial charge in [0.25, 0.3) is 5.92 Å². The molecule has 2 N–H and O–H groups in total. The molecule has 2 aromatic heterocycles. The zero-order valence-corrected chi connectivity index (χ0v) is 24.0. The Hall–Kier alpha value is -3.44. The molecule has 1 amide bonds. The Balaban J connectivity index is 1.72. The van der Waals surface area contributed by atoms with Gasteiger partial charge < -0.3 is 10.4 Å². The van der Waals surface area contributed by atoms with Gasteiger partial charge in [-0.15, -0.1) is 0 Å². The van der Waals surface area contributed by atoms with E-state index in [0.29, 0.717) is 15.2 Å². The first-order valence-corrected chi connectivity index (χ1v) is 13.4. The smallest absolute Gasteiger partial charge is 0.378 e. The summed E-state index contributed by atoms with van der Waals surface area (Å²) in [6.07, 6.45) is -6.13. The van der Waals surface area contributed by atoms with Crippen LogP contribution < -0.4 is 5.32 Å². The van der Waals surface area contributed by atoms with Gasteiger partial charge >= 0.3 is 6.18 Å². The number of benzene rings is 1. The molecule has 224 valence electrons. The van der Waals surface area contributed by atoms with Crippen molar-refractivity contribution in [1.82, 2.24) is 20.1 Å². The van der Waals surface area contributed by atoms with Crippen molar-refractivity contribution < 1.29 is 40.6 Å². The molecule has 0 aliphatic heterocycles. The Kier molecular flexibility index (Phi) is 8.50. The molecule has 1 unspecified atom stereocenters.